The number of carbonyl (C=O) groups is 1. The average molecular weight is 409 g/mol. The zero-order chi connectivity index (χ0) is 21.2. The van der Waals surface area contributed by atoms with Crippen LogP contribution in [0.2, 0.25) is 0 Å². The number of aliphatic carboxylic acids is 1. The number of aliphatic hydroxyl groups excluding tert-OH is 1. The SMILES string of the molecule is CC(CCC(=O)O)C1CCC2C3CCC4CC(O)(O)CCC4(C)C3CC(O)C12C. The van der Waals surface area contributed by atoms with Gasteiger partial charge in [-0.15, -0.1) is 0 Å². The maximum absolute atomic E-state index is 11.5. The van der Waals surface area contributed by atoms with E-state index in [1.807, 2.05) is 0 Å². The highest BCUT2D eigenvalue weighted by Crippen LogP contribution is 2.68. The second-order valence-corrected chi connectivity index (χ2v) is 11.6. The summed E-state index contributed by atoms with van der Waals surface area (Å²) in [4.78, 5) is 11.1. The summed E-state index contributed by atoms with van der Waals surface area (Å²) in [6.07, 6.45) is 7.54. The third-order valence-corrected chi connectivity index (χ3v) is 10.4. The highest BCUT2D eigenvalue weighted by Gasteiger charge is 2.64. The minimum atomic E-state index is -1.52. The van der Waals surface area contributed by atoms with E-state index >= 15 is 0 Å². The molecular formula is C24H40O5. The van der Waals surface area contributed by atoms with E-state index in [-0.39, 0.29) is 23.4 Å². The van der Waals surface area contributed by atoms with E-state index in [0.717, 1.165) is 38.5 Å². The summed E-state index contributed by atoms with van der Waals surface area (Å²) in [6.45, 7) is 6.82. The van der Waals surface area contributed by atoms with E-state index in [1.165, 1.54) is 0 Å². The fourth-order valence-corrected chi connectivity index (χ4v) is 8.70. The van der Waals surface area contributed by atoms with Crippen LogP contribution in [0.4, 0.5) is 0 Å². The molecule has 4 aliphatic carbocycles. The Hall–Kier alpha value is -0.650. The summed E-state index contributed by atoms with van der Waals surface area (Å²) < 4.78 is 0. The van der Waals surface area contributed by atoms with Crippen molar-refractivity contribution in [3.8, 4) is 0 Å². The molecule has 0 aromatic heterocycles. The lowest BCUT2D eigenvalue weighted by atomic mass is 9.43. The first-order chi connectivity index (χ1) is 13.5. The summed E-state index contributed by atoms with van der Waals surface area (Å²) in [5, 5.41) is 41.0. The average Bonchev–Trinajstić information content (AvgIpc) is 3.00. The number of aliphatic hydroxyl groups is 3. The summed E-state index contributed by atoms with van der Waals surface area (Å²) in [6, 6.07) is 0. The first kappa shape index (κ1) is 21.6. The largest absolute Gasteiger partial charge is 0.481 e. The summed E-state index contributed by atoms with van der Waals surface area (Å²) in [5.41, 5.74) is -0.0259. The third kappa shape index (κ3) is 3.36. The fraction of sp³-hybridized carbons (Fsp3) is 0.958. The molecule has 4 saturated carbocycles. The van der Waals surface area contributed by atoms with Crippen LogP contribution in [0, 0.1) is 46.3 Å². The van der Waals surface area contributed by atoms with Crippen molar-refractivity contribution in [3.63, 3.8) is 0 Å². The monoisotopic (exact) mass is 408 g/mol. The van der Waals surface area contributed by atoms with Gasteiger partial charge in [-0.1, -0.05) is 20.8 Å². The molecule has 0 bridgehead atoms. The number of fused-ring (bicyclic) bond motifs is 5. The molecule has 9 unspecified atom stereocenters. The van der Waals surface area contributed by atoms with Gasteiger partial charge in [-0.25, -0.2) is 0 Å². The molecule has 29 heavy (non-hydrogen) atoms. The molecule has 166 valence electrons. The summed E-state index contributed by atoms with van der Waals surface area (Å²) in [5.74, 6) is 0.354. The van der Waals surface area contributed by atoms with E-state index in [0.29, 0.717) is 54.8 Å². The molecule has 5 nitrogen and oxygen atoms in total. The van der Waals surface area contributed by atoms with Gasteiger partial charge in [0, 0.05) is 19.3 Å². The number of carboxylic acids is 1. The predicted molar refractivity (Wildman–Crippen MR) is 110 cm³/mol. The van der Waals surface area contributed by atoms with Crippen molar-refractivity contribution in [1.29, 1.82) is 0 Å². The van der Waals surface area contributed by atoms with Crippen LogP contribution in [0.15, 0.2) is 0 Å². The second kappa shape index (κ2) is 7.20. The minimum Gasteiger partial charge on any atom is -0.481 e. The molecule has 5 heteroatoms. The van der Waals surface area contributed by atoms with Crippen LogP contribution >= 0.6 is 0 Å². The minimum absolute atomic E-state index is 0.0905. The molecule has 4 aliphatic rings. The molecular weight excluding hydrogens is 368 g/mol. The molecule has 0 amide bonds. The fourth-order valence-electron chi connectivity index (χ4n) is 8.70. The van der Waals surface area contributed by atoms with Crippen LogP contribution < -0.4 is 0 Å². The van der Waals surface area contributed by atoms with Gasteiger partial charge < -0.3 is 20.4 Å². The Bertz CT molecular complexity index is 647. The van der Waals surface area contributed by atoms with Gasteiger partial charge in [0.25, 0.3) is 0 Å². The molecule has 9 atom stereocenters. The van der Waals surface area contributed by atoms with Gasteiger partial charge in [-0.2, -0.15) is 0 Å². The Labute approximate surface area is 174 Å². The number of hydrogen-bond donors (Lipinski definition) is 4. The maximum atomic E-state index is 11.5. The molecule has 4 fully saturated rings. The highest BCUT2D eigenvalue weighted by atomic mass is 16.5. The van der Waals surface area contributed by atoms with Crippen LogP contribution in [0.3, 0.4) is 0 Å². The first-order valence-corrected chi connectivity index (χ1v) is 11.8. The predicted octanol–water partition coefficient (Wildman–Crippen LogP) is 3.80. The van der Waals surface area contributed by atoms with Crippen molar-refractivity contribution in [1.82, 2.24) is 0 Å². The second-order valence-electron chi connectivity index (χ2n) is 11.6. The summed E-state index contributed by atoms with van der Waals surface area (Å²) >= 11 is 0. The van der Waals surface area contributed by atoms with E-state index in [1.54, 1.807) is 0 Å². The van der Waals surface area contributed by atoms with Gasteiger partial charge in [-0.3, -0.25) is 4.79 Å². The van der Waals surface area contributed by atoms with Gasteiger partial charge in [0.1, 0.15) is 0 Å². The Kier molecular flexibility index (Phi) is 5.36. The van der Waals surface area contributed by atoms with Crippen molar-refractivity contribution in [2.75, 3.05) is 0 Å². The lowest BCUT2D eigenvalue weighted by molar-refractivity contribution is -0.240. The first-order valence-electron chi connectivity index (χ1n) is 11.8. The van der Waals surface area contributed by atoms with Gasteiger partial charge >= 0.3 is 5.97 Å². The van der Waals surface area contributed by atoms with Gasteiger partial charge in [0.15, 0.2) is 5.79 Å². The molecule has 0 heterocycles. The van der Waals surface area contributed by atoms with Crippen LogP contribution in [-0.2, 0) is 4.79 Å². The van der Waals surface area contributed by atoms with Gasteiger partial charge in [0.2, 0.25) is 0 Å². The van der Waals surface area contributed by atoms with Crippen LogP contribution in [-0.4, -0.2) is 38.3 Å². The van der Waals surface area contributed by atoms with Gasteiger partial charge in [-0.05, 0) is 91.3 Å². The standard InChI is InChI=1S/C24H40O5/c1-14(4-9-21(26)27)17-7-8-18-16-6-5-15-13-24(28,29)11-10-22(15,2)19(16)12-20(25)23(17,18)3/h14-20,25,28-29H,4-13H2,1-3H3,(H,26,27). The Morgan fingerprint density at radius 3 is 2.48 bits per heavy atom. The number of rotatable bonds is 4. The molecule has 0 aromatic carbocycles. The van der Waals surface area contributed by atoms with Crippen LogP contribution in [0.25, 0.3) is 0 Å². The molecule has 0 radical (unpaired) electrons. The quantitative estimate of drug-likeness (QED) is 0.531. The van der Waals surface area contributed by atoms with Crippen molar-refractivity contribution in [2.45, 2.75) is 96.9 Å². The van der Waals surface area contributed by atoms with Crippen molar-refractivity contribution >= 4 is 5.97 Å². The molecule has 0 aromatic rings. The smallest absolute Gasteiger partial charge is 0.303 e. The summed E-state index contributed by atoms with van der Waals surface area (Å²) in [7, 11) is 0. The normalized spacial score (nSPS) is 49.6. The Balaban J connectivity index is 1.56. The van der Waals surface area contributed by atoms with E-state index in [2.05, 4.69) is 20.8 Å². The third-order valence-electron chi connectivity index (χ3n) is 10.4. The highest BCUT2D eigenvalue weighted by molar-refractivity contribution is 5.66. The van der Waals surface area contributed by atoms with Crippen LogP contribution in [0.5, 0.6) is 0 Å². The maximum Gasteiger partial charge on any atom is 0.303 e. The Morgan fingerprint density at radius 2 is 1.79 bits per heavy atom. The zero-order valence-electron chi connectivity index (χ0n) is 18.3. The number of carboxylic acid groups (broad SMARTS) is 1. The van der Waals surface area contributed by atoms with E-state index in [4.69, 9.17) is 5.11 Å². The van der Waals surface area contributed by atoms with Crippen molar-refractivity contribution in [2.24, 2.45) is 46.3 Å². The molecule has 0 saturated heterocycles. The topological polar surface area (TPSA) is 98.0 Å². The molecule has 4 rings (SSSR count). The number of hydrogen-bond acceptors (Lipinski definition) is 4. The molecule has 0 spiro atoms. The van der Waals surface area contributed by atoms with Crippen molar-refractivity contribution < 1.29 is 25.2 Å². The molecule has 4 N–H and O–H groups in total. The van der Waals surface area contributed by atoms with E-state index in [9.17, 15) is 20.1 Å². The lowest BCUT2D eigenvalue weighted by Crippen LogP contribution is -2.59. The van der Waals surface area contributed by atoms with Gasteiger partial charge in [0.05, 0.1) is 6.10 Å². The molecule has 0 aliphatic heterocycles. The Morgan fingerprint density at radius 1 is 1.07 bits per heavy atom. The van der Waals surface area contributed by atoms with Crippen molar-refractivity contribution in [3.05, 3.63) is 0 Å². The van der Waals surface area contributed by atoms with E-state index < -0.39 is 11.8 Å². The zero-order valence-corrected chi connectivity index (χ0v) is 18.3. The lowest BCUT2D eigenvalue weighted by Gasteiger charge is -2.63. The van der Waals surface area contributed by atoms with Crippen LogP contribution in [0.1, 0.15) is 85.0 Å².